The Labute approximate surface area is 174 Å². The number of hydrogen-bond donors (Lipinski definition) is 1. The van der Waals surface area contributed by atoms with E-state index in [0.717, 1.165) is 12.8 Å². The van der Waals surface area contributed by atoms with Crippen molar-refractivity contribution in [3.05, 3.63) is 42.5 Å². The van der Waals surface area contributed by atoms with Gasteiger partial charge in [0.2, 0.25) is 18.6 Å². The molecule has 1 saturated heterocycles. The SMILES string of the molecule is O=C(Nc1ccccc1OC1CCCC1)C1CC(=O)N(c2ccc3c(c2)OCO3)C1. The molecule has 7 heteroatoms. The molecule has 1 atom stereocenters. The van der Waals surface area contributed by atoms with Gasteiger partial charge in [-0.05, 0) is 49.9 Å². The number of hydrogen-bond acceptors (Lipinski definition) is 5. The third-order valence-electron chi connectivity index (χ3n) is 5.90. The second kappa shape index (κ2) is 7.89. The first-order valence-electron chi connectivity index (χ1n) is 10.4. The molecule has 2 aromatic carbocycles. The van der Waals surface area contributed by atoms with Crippen LogP contribution in [0.1, 0.15) is 32.1 Å². The highest BCUT2D eigenvalue weighted by Gasteiger charge is 2.36. The molecule has 156 valence electrons. The van der Waals surface area contributed by atoms with Crippen LogP contribution in [0, 0.1) is 5.92 Å². The number of benzene rings is 2. The summed E-state index contributed by atoms with van der Waals surface area (Å²) in [5.74, 6) is 1.29. The van der Waals surface area contributed by atoms with Gasteiger partial charge in [0.05, 0.1) is 17.7 Å². The number of ether oxygens (including phenoxy) is 3. The molecule has 2 heterocycles. The molecule has 0 bridgehead atoms. The molecule has 5 rings (SSSR count). The lowest BCUT2D eigenvalue weighted by atomic mass is 10.1. The minimum absolute atomic E-state index is 0.0792. The molecular weight excluding hydrogens is 384 g/mol. The molecule has 0 radical (unpaired) electrons. The predicted octanol–water partition coefficient (Wildman–Crippen LogP) is 3.73. The summed E-state index contributed by atoms with van der Waals surface area (Å²) in [4.78, 5) is 27.1. The van der Waals surface area contributed by atoms with Crippen molar-refractivity contribution in [3.8, 4) is 17.2 Å². The molecule has 2 amide bonds. The van der Waals surface area contributed by atoms with Crippen molar-refractivity contribution in [2.24, 2.45) is 5.92 Å². The van der Waals surface area contributed by atoms with E-state index in [-0.39, 0.29) is 31.1 Å². The maximum atomic E-state index is 12.9. The summed E-state index contributed by atoms with van der Waals surface area (Å²) >= 11 is 0. The van der Waals surface area contributed by atoms with Crippen LogP contribution in [0.5, 0.6) is 17.2 Å². The summed E-state index contributed by atoms with van der Waals surface area (Å²) in [6, 6.07) is 12.9. The van der Waals surface area contributed by atoms with Gasteiger partial charge in [-0.15, -0.1) is 0 Å². The highest BCUT2D eigenvalue weighted by Crippen LogP contribution is 2.37. The Hall–Kier alpha value is -3.22. The Kier molecular flexibility index (Phi) is 4.94. The quantitative estimate of drug-likeness (QED) is 0.816. The molecule has 3 aliphatic rings. The van der Waals surface area contributed by atoms with Crippen LogP contribution in [0.25, 0.3) is 0 Å². The van der Waals surface area contributed by atoms with Crippen LogP contribution in [0.15, 0.2) is 42.5 Å². The zero-order valence-electron chi connectivity index (χ0n) is 16.6. The zero-order chi connectivity index (χ0) is 20.5. The van der Waals surface area contributed by atoms with Gasteiger partial charge in [-0.2, -0.15) is 0 Å². The van der Waals surface area contributed by atoms with Crippen molar-refractivity contribution in [1.82, 2.24) is 0 Å². The number of para-hydroxylation sites is 2. The van der Waals surface area contributed by atoms with Crippen LogP contribution in [0.3, 0.4) is 0 Å². The third-order valence-corrected chi connectivity index (χ3v) is 5.90. The molecule has 2 aliphatic heterocycles. The number of nitrogens with one attached hydrogen (secondary N) is 1. The number of fused-ring (bicyclic) bond motifs is 1. The molecule has 7 nitrogen and oxygen atoms in total. The zero-order valence-corrected chi connectivity index (χ0v) is 16.6. The lowest BCUT2D eigenvalue weighted by Gasteiger charge is -2.19. The Morgan fingerprint density at radius 3 is 2.73 bits per heavy atom. The maximum absolute atomic E-state index is 12.9. The van der Waals surface area contributed by atoms with Gasteiger partial charge in [0.25, 0.3) is 0 Å². The number of amides is 2. The topological polar surface area (TPSA) is 77.1 Å². The molecule has 2 fully saturated rings. The van der Waals surface area contributed by atoms with Crippen LogP contribution in [0.4, 0.5) is 11.4 Å². The van der Waals surface area contributed by atoms with E-state index in [9.17, 15) is 9.59 Å². The summed E-state index contributed by atoms with van der Waals surface area (Å²) in [6.07, 6.45) is 4.83. The Balaban J connectivity index is 1.27. The number of rotatable bonds is 5. The van der Waals surface area contributed by atoms with Crippen molar-refractivity contribution in [2.45, 2.75) is 38.2 Å². The lowest BCUT2D eigenvalue weighted by molar-refractivity contribution is -0.122. The van der Waals surface area contributed by atoms with Gasteiger partial charge in [0, 0.05) is 24.7 Å². The molecule has 1 aliphatic carbocycles. The summed E-state index contributed by atoms with van der Waals surface area (Å²) in [5.41, 5.74) is 1.37. The van der Waals surface area contributed by atoms with E-state index in [4.69, 9.17) is 14.2 Å². The van der Waals surface area contributed by atoms with E-state index >= 15 is 0 Å². The minimum Gasteiger partial charge on any atom is -0.488 e. The van der Waals surface area contributed by atoms with Gasteiger partial charge in [-0.3, -0.25) is 9.59 Å². The highest BCUT2D eigenvalue weighted by molar-refractivity contribution is 6.04. The molecule has 30 heavy (non-hydrogen) atoms. The number of anilines is 2. The first kappa shape index (κ1) is 18.8. The second-order valence-corrected chi connectivity index (χ2v) is 7.95. The molecule has 1 saturated carbocycles. The monoisotopic (exact) mass is 408 g/mol. The van der Waals surface area contributed by atoms with Crippen molar-refractivity contribution in [2.75, 3.05) is 23.6 Å². The molecule has 2 aromatic rings. The molecular formula is C23H24N2O5. The van der Waals surface area contributed by atoms with Gasteiger partial charge in [0.1, 0.15) is 5.75 Å². The molecule has 1 unspecified atom stereocenters. The molecule has 0 aromatic heterocycles. The summed E-state index contributed by atoms with van der Waals surface area (Å²) in [5, 5.41) is 2.97. The Morgan fingerprint density at radius 1 is 1.07 bits per heavy atom. The van der Waals surface area contributed by atoms with Gasteiger partial charge < -0.3 is 24.4 Å². The summed E-state index contributed by atoms with van der Waals surface area (Å²) in [6.45, 7) is 0.510. The predicted molar refractivity (Wildman–Crippen MR) is 111 cm³/mol. The maximum Gasteiger partial charge on any atom is 0.231 e. The van der Waals surface area contributed by atoms with E-state index < -0.39 is 5.92 Å². The number of nitrogens with zero attached hydrogens (tertiary/aromatic N) is 1. The van der Waals surface area contributed by atoms with Gasteiger partial charge >= 0.3 is 0 Å². The normalized spacial score (nSPS) is 20.6. The minimum atomic E-state index is -0.428. The Morgan fingerprint density at radius 2 is 1.87 bits per heavy atom. The van der Waals surface area contributed by atoms with Gasteiger partial charge in [-0.1, -0.05) is 12.1 Å². The van der Waals surface area contributed by atoms with Crippen molar-refractivity contribution < 1.29 is 23.8 Å². The highest BCUT2D eigenvalue weighted by atomic mass is 16.7. The van der Waals surface area contributed by atoms with E-state index in [2.05, 4.69) is 5.32 Å². The van der Waals surface area contributed by atoms with Crippen LogP contribution < -0.4 is 24.4 Å². The number of carbonyl (C=O) groups is 2. The van der Waals surface area contributed by atoms with Crippen molar-refractivity contribution >= 4 is 23.2 Å². The lowest BCUT2D eigenvalue weighted by Crippen LogP contribution is -2.28. The van der Waals surface area contributed by atoms with Gasteiger partial charge in [0.15, 0.2) is 11.5 Å². The average molecular weight is 408 g/mol. The third kappa shape index (κ3) is 3.67. The first-order chi connectivity index (χ1) is 14.7. The fourth-order valence-corrected chi connectivity index (χ4v) is 4.28. The fourth-order valence-electron chi connectivity index (χ4n) is 4.28. The standard InChI is InChI=1S/C23H24N2O5/c26-22-11-15(13-25(22)16-9-10-20-21(12-16)29-14-28-20)23(27)24-18-7-3-4-8-19(18)30-17-5-1-2-6-17/h3-4,7-10,12,15,17H,1-2,5-6,11,13-14H2,(H,24,27). The van der Waals surface area contributed by atoms with Crippen LogP contribution in [-0.2, 0) is 9.59 Å². The van der Waals surface area contributed by atoms with Crippen LogP contribution in [-0.4, -0.2) is 31.3 Å². The van der Waals surface area contributed by atoms with Crippen molar-refractivity contribution in [3.63, 3.8) is 0 Å². The van der Waals surface area contributed by atoms with E-state index in [1.165, 1.54) is 12.8 Å². The van der Waals surface area contributed by atoms with E-state index in [1.807, 2.05) is 30.3 Å². The van der Waals surface area contributed by atoms with E-state index in [1.54, 1.807) is 17.0 Å². The number of carbonyl (C=O) groups excluding carboxylic acids is 2. The van der Waals surface area contributed by atoms with Crippen LogP contribution in [0.2, 0.25) is 0 Å². The smallest absolute Gasteiger partial charge is 0.231 e. The van der Waals surface area contributed by atoms with Crippen molar-refractivity contribution in [1.29, 1.82) is 0 Å². The van der Waals surface area contributed by atoms with E-state index in [0.29, 0.717) is 35.2 Å². The molecule has 0 spiro atoms. The van der Waals surface area contributed by atoms with Gasteiger partial charge in [-0.25, -0.2) is 0 Å². The van der Waals surface area contributed by atoms with Crippen LogP contribution >= 0.6 is 0 Å². The average Bonchev–Trinajstić information content (AvgIpc) is 3.49. The second-order valence-electron chi connectivity index (χ2n) is 7.95. The largest absolute Gasteiger partial charge is 0.488 e. The first-order valence-corrected chi connectivity index (χ1v) is 10.4. The molecule has 1 N–H and O–H groups in total. The summed E-state index contributed by atoms with van der Waals surface area (Å²) in [7, 11) is 0. The Bertz CT molecular complexity index is 970. The summed E-state index contributed by atoms with van der Waals surface area (Å²) < 4.78 is 16.8. The fraction of sp³-hybridized carbons (Fsp3) is 0.391.